The number of hydrogen-bond acceptors (Lipinski definition) is 4. The Hall–Kier alpha value is -2.24. The summed E-state index contributed by atoms with van der Waals surface area (Å²) in [6.45, 7) is 3.78. The molecule has 1 fully saturated rings. The lowest BCUT2D eigenvalue weighted by Crippen LogP contribution is -2.37. The van der Waals surface area contributed by atoms with Gasteiger partial charge in [0.25, 0.3) is 0 Å². The van der Waals surface area contributed by atoms with Crippen LogP contribution in [0.4, 0.5) is 11.4 Å². The number of nitrogens with zero attached hydrogens (tertiary/aromatic N) is 1. The molecule has 2 N–H and O–H groups in total. The zero-order chi connectivity index (χ0) is 18.4. The molecule has 0 spiro atoms. The van der Waals surface area contributed by atoms with Crippen LogP contribution in [0, 0.1) is 0 Å². The Kier molecular flexibility index (Phi) is 6.36. The Labute approximate surface area is 158 Å². The molecule has 0 atom stereocenters. The highest BCUT2D eigenvalue weighted by molar-refractivity contribution is 6.31. The first kappa shape index (κ1) is 18.5. The molecule has 0 amide bonds. The zero-order valence-electron chi connectivity index (χ0n) is 14.6. The van der Waals surface area contributed by atoms with Crippen molar-refractivity contribution in [2.75, 3.05) is 36.5 Å². The van der Waals surface area contributed by atoms with Crippen molar-refractivity contribution < 1.29 is 14.6 Å². The van der Waals surface area contributed by atoms with Crippen LogP contribution in [0.1, 0.15) is 17.5 Å². The molecule has 0 unspecified atom stereocenters. The SMILES string of the molecule is O=C(O)CCc1cccc(NCc2c(Cl)cccc2N2CCOCC2)c1. The van der Waals surface area contributed by atoms with Crippen LogP contribution >= 0.6 is 11.6 Å². The molecule has 0 bridgehead atoms. The summed E-state index contributed by atoms with van der Waals surface area (Å²) >= 11 is 6.47. The highest BCUT2D eigenvalue weighted by atomic mass is 35.5. The third kappa shape index (κ3) is 4.90. The van der Waals surface area contributed by atoms with Crippen molar-refractivity contribution in [2.45, 2.75) is 19.4 Å². The van der Waals surface area contributed by atoms with Crippen molar-refractivity contribution in [3.8, 4) is 0 Å². The average molecular weight is 375 g/mol. The van der Waals surface area contributed by atoms with Gasteiger partial charge in [-0.05, 0) is 36.2 Å². The first-order chi connectivity index (χ1) is 12.6. The van der Waals surface area contributed by atoms with Gasteiger partial charge in [0.1, 0.15) is 0 Å². The normalized spacial score (nSPS) is 14.3. The van der Waals surface area contributed by atoms with Gasteiger partial charge < -0.3 is 20.1 Å². The molecule has 5 nitrogen and oxygen atoms in total. The summed E-state index contributed by atoms with van der Waals surface area (Å²) in [7, 11) is 0. The van der Waals surface area contributed by atoms with Gasteiger partial charge in [0.2, 0.25) is 0 Å². The van der Waals surface area contributed by atoms with Crippen LogP contribution in [0.2, 0.25) is 5.02 Å². The Morgan fingerprint density at radius 2 is 1.96 bits per heavy atom. The number of ether oxygens (including phenoxy) is 1. The number of rotatable bonds is 7. The zero-order valence-corrected chi connectivity index (χ0v) is 15.3. The molecule has 1 aliphatic rings. The molecular weight excluding hydrogens is 352 g/mol. The van der Waals surface area contributed by atoms with Gasteiger partial charge in [0.05, 0.1) is 13.2 Å². The number of nitrogens with one attached hydrogen (secondary N) is 1. The van der Waals surface area contributed by atoms with Gasteiger partial charge >= 0.3 is 5.97 Å². The van der Waals surface area contributed by atoms with Crippen LogP contribution in [0.15, 0.2) is 42.5 Å². The van der Waals surface area contributed by atoms with Crippen molar-refractivity contribution in [2.24, 2.45) is 0 Å². The fourth-order valence-corrected chi connectivity index (χ4v) is 3.34. The molecule has 0 aromatic heterocycles. The third-order valence-electron chi connectivity index (χ3n) is 4.47. The fraction of sp³-hybridized carbons (Fsp3) is 0.350. The highest BCUT2D eigenvalue weighted by Gasteiger charge is 2.16. The van der Waals surface area contributed by atoms with E-state index in [9.17, 15) is 4.79 Å². The van der Waals surface area contributed by atoms with Crippen LogP contribution < -0.4 is 10.2 Å². The minimum Gasteiger partial charge on any atom is -0.481 e. The summed E-state index contributed by atoms with van der Waals surface area (Å²) in [4.78, 5) is 13.1. The molecule has 1 saturated heterocycles. The second kappa shape index (κ2) is 8.92. The van der Waals surface area contributed by atoms with Crippen molar-refractivity contribution in [3.63, 3.8) is 0 Å². The second-order valence-corrected chi connectivity index (χ2v) is 6.69. The molecule has 2 aromatic rings. The van der Waals surface area contributed by atoms with Crippen LogP contribution in [0.3, 0.4) is 0 Å². The molecule has 2 aromatic carbocycles. The number of halogens is 1. The second-order valence-electron chi connectivity index (χ2n) is 6.28. The van der Waals surface area contributed by atoms with Gasteiger partial charge in [0, 0.05) is 48.0 Å². The van der Waals surface area contributed by atoms with Crippen LogP contribution in [-0.2, 0) is 22.5 Å². The van der Waals surface area contributed by atoms with Gasteiger partial charge in [-0.25, -0.2) is 0 Å². The first-order valence-electron chi connectivity index (χ1n) is 8.78. The topological polar surface area (TPSA) is 61.8 Å². The average Bonchev–Trinajstić information content (AvgIpc) is 2.66. The summed E-state index contributed by atoms with van der Waals surface area (Å²) < 4.78 is 5.44. The quantitative estimate of drug-likeness (QED) is 0.771. The number of hydrogen-bond donors (Lipinski definition) is 2. The van der Waals surface area contributed by atoms with E-state index in [-0.39, 0.29) is 6.42 Å². The van der Waals surface area contributed by atoms with E-state index in [4.69, 9.17) is 21.4 Å². The molecule has 26 heavy (non-hydrogen) atoms. The minimum absolute atomic E-state index is 0.134. The molecule has 1 aliphatic heterocycles. The van der Waals surface area contributed by atoms with E-state index in [0.29, 0.717) is 13.0 Å². The van der Waals surface area contributed by atoms with E-state index in [1.54, 1.807) is 0 Å². The maximum absolute atomic E-state index is 10.7. The Morgan fingerprint density at radius 1 is 1.19 bits per heavy atom. The summed E-state index contributed by atoms with van der Waals surface area (Å²) in [5.41, 5.74) is 4.16. The molecule has 3 rings (SSSR count). The number of anilines is 2. The van der Waals surface area contributed by atoms with Gasteiger partial charge in [-0.15, -0.1) is 0 Å². The molecule has 0 aliphatic carbocycles. The first-order valence-corrected chi connectivity index (χ1v) is 9.16. The lowest BCUT2D eigenvalue weighted by molar-refractivity contribution is -0.136. The predicted octanol–water partition coefficient (Wildman–Crippen LogP) is 3.81. The smallest absolute Gasteiger partial charge is 0.303 e. The number of aliphatic carboxylic acids is 1. The Balaban J connectivity index is 1.71. The maximum Gasteiger partial charge on any atom is 0.303 e. The largest absolute Gasteiger partial charge is 0.481 e. The summed E-state index contributed by atoms with van der Waals surface area (Å²) in [6, 6.07) is 13.8. The van der Waals surface area contributed by atoms with E-state index in [0.717, 1.165) is 53.8 Å². The molecule has 6 heteroatoms. The van der Waals surface area contributed by atoms with Gasteiger partial charge in [-0.2, -0.15) is 0 Å². The standard InChI is InChI=1S/C20H23ClN2O3/c21-18-5-2-6-19(23-9-11-26-12-10-23)17(18)14-22-16-4-1-3-15(13-16)7-8-20(24)25/h1-6,13,22H,7-12,14H2,(H,24,25). The van der Waals surface area contributed by atoms with Crippen molar-refractivity contribution in [3.05, 3.63) is 58.6 Å². The van der Waals surface area contributed by atoms with Crippen molar-refractivity contribution in [1.29, 1.82) is 0 Å². The Morgan fingerprint density at radius 3 is 2.73 bits per heavy atom. The van der Waals surface area contributed by atoms with Gasteiger partial charge in [-0.1, -0.05) is 29.8 Å². The summed E-state index contributed by atoms with van der Waals surface area (Å²) in [5, 5.41) is 13.0. The third-order valence-corrected chi connectivity index (χ3v) is 4.82. The number of benzene rings is 2. The summed E-state index contributed by atoms with van der Waals surface area (Å²) in [6.07, 6.45) is 0.658. The summed E-state index contributed by atoms with van der Waals surface area (Å²) in [5.74, 6) is -0.783. The molecule has 0 saturated carbocycles. The fourth-order valence-electron chi connectivity index (χ4n) is 3.10. The number of aryl methyl sites for hydroxylation is 1. The molecular formula is C20H23ClN2O3. The van der Waals surface area contributed by atoms with E-state index in [1.165, 1.54) is 0 Å². The molecule has 1 heterocycles. The number of carbonyl (C=O) groups is 1. The van der Waals surface area contributed by atoms with Gasteiger partial charge in [0.15, 0.2) is 0 Å². The lowest BCUT2D eigenvalue weighted by atomic mass is 10.1. The van der Waals surface area contributed by atoms with Crippen molar-refractivity contribution in [1.82, 2.24) is 0 Å². The van der Waals surface area contributed by atoms with Crippen LogP contribution in [0.5, 0.6) is 0 Å². The van der Waals surface area contributed by atoms with E-state index >= 15 is 0 Å². The van der Waals surface area contributed by atoms with E-state index in [2.05, 4.69) is 16.3 Å². The molecule has 138 valence electrons. The number of carboxylic acids is 1. The van der Waals surface area contributed by atoms with Crippen molar-refractivity contribution >= 4 is 28.9 Å². The van der Waals surface area contributed by atoms with Crippen LogP contribution in [-0.4, -0.2) is 37.4 Å². The number of morpholine rings is 1. The Bertz CT molecular complexity index is 760. The number of carboxylic acid groups (broad SMARTS) is 1. The van der Waals surface area contributed by atoms with E-state index < -0.39 is 5.97 Å². The molecule has 0 radical (unpaired) electrons. The monoisotopic (exact) mass is 374 g/mol. The minimum atomic E-state index is -0.783. The van der Waals surface area contributed by atoms with E-state index in [1.807, 2.05) is 36.4 Å². The highest BCUT2D eigenvalue weighted by Crippen LogP contribution is 2.29. The lowest BCUT2D eigenvalue weighted by Gasteiger charge is -2.31. The maximum atomic E-state index is 10.7. The van der Waals surface area contributed by atoms with Gasteiger partial charge in [-0.3, -0.25) is 4.79 Å². The van der Waals surface area contributed by atoms with Crippen LogP contribution in [0.25, 0.3) is 0 Å². The predicted molar refractivity (Wildman–Crippen MR) is 104 cm³/mol.